The van der Waals surface area contributed by atoms with Gasteiger partial charge >= 0.3 is 6.18 Å². The van der Waals surface area contributed by atoms with Crippen LogP contribution in [-0.4, -0.2) is 52.5 Å². The molecule has 0 radical (unpaired) electrons. The van der Waals surface area contributed by atoms with Gasteiger partial charge in [0.25, 0.3) is 0 Å². The first-order valence-electron chi connectivity index (χ1n) is 18.0. The molecule has 2 aromatic heterocycles. The second-order valence-electron chi connectivity index (χ2n) is 13.6. The van der Waals surface area contributed by atoms with Crippen LogP contribution in [0.1, 0.15) is 52.6 Å². The highest BCUT2D eigenvalue weighted by Crippen LogP contribution is 2.39. The molecule has 1 atom stereocenters. The van der Waals surface area contributed by atoms with Gasteiger partial charge in [0.15, 0.2) is 0 Å². The van der Waals surface area contributed by atoms with Gasteiger partial charge in [-0.15, -0.1) is 0 Å². The zero-order valence-electron chi connectivity index (χ0n) is 30.3. The van der Waals surface area contributed by atoms with Gasteiger partial charge in [0, 0.05) is 79.0 Å². The lowest BCUT2D eigenvalue weighted by Gasteiger charge is -2.32. The number of rotatable bonds is 16. The minimum absolute atomic E-state index is 0.00394. The molecule has 1 fully saturated rings. The average Bonchev–Trinajstić information content (AvgIpc) is 3.70. The fourth-order valence-corrected chi connectivity index (χ4v) is 7.09. The summed E-state index contributed by atoms with van der Waals surface area (Å²) in [4.78, 5) is 6.00. The Bertz CT molecular complexity index is 2090. The van der Waals surface area contributed by atoms with Gasteiger partial charge in [-0.3, -0.25) is 10.1 Å². The Hall–Kier alpha value is -4.80. The Morgan fingerprint density at radius 3 is 2.55 bits per heavy atom. The number of aromatic nitrogens is 3. The van der Waals surface area contributed by atoms with Gasteiger partial charge in [-0.05, 0) is 61.2 Å². The van der Waals surface area contributed by atoms with Crippen molar-refractivity contribution in [1.29, 1.82) is 5.26 Å². The van der Waals surface area contributed by atoms with Crippen LogP contribution in [0, 0.1) is 24.2 Å². The normalized spacial score (nSPS) is 14.7. The maximum atomic E-state index is 12.8. The molecule has 2 N–H and O–H groups in total. The van der Waals surface area contributed by atoms with E-state index in [4.69, 9.17) is 37.4 Å². The SMILES string of the molecule is Cc1c(COc2cc(OCc3cncc(C#N)c3)c(CNCc3cn[nH]c3)cc2Cl)cccc1-c1cccc(OCC2CCCN(CCC(F)(F)F)C2)c1Cl. The van der Waals surface area contributed by atoms with E-state index in [2.05, 4.69) is 26.6 Å². The molecule has 0 aliphatic carbocycles. The summed E-state index contributed by atoms with van der Waals surface area (Å²) in [7, 11) is 0. The molecule has 55 heavy (non-hydrogen) atoms. The number of pyridine rings is 1. The lowest BCUT2D eigenvalue weighted by atomic mass is 9.96. The van der Waals surface area contributed by atoms with Crippen molar-refractivity contribution in [2.45, 2.75) is 58.7 Å². The molecular formula is C41H41Cl2F3N6O3. The van der Waals surface area contributed by atoms with Crippen LogP contribution >= 0.6 is 23.2 Å². The van der Waals surface area contributed by atoms with Crippen LogP contribution in [0.5, 0.6) is 17.2 Å². The summed E-state index contributed by atoms with van der Waals surface area (Å²) < 4.78 is 57.1. The van der Waals surface area contributed by atoms with Gasteiger partial charge in [0.2, 0.25) is 0 Å². The number of hydrogen-bond donors (Lipinski definition) is 2. The van der Waals surface area contributed by atoms with E-state index in [0.29, 0.717) is 65.6 Å². The van der Waals surface area contributed by atoms with E-state index in [1.165, 1.54) is 6.20 Å². The number of aromatic amines is 1. The Kier molecular flexibility index (Phi) is 13.6. The molecule has 0 spiro atoms. The van der Waals surface area contributed by atoms with E-state index >= 15 is 0 Å². The lowest BCUT2D eigenvalue weighted by Crippen LogP contribution is -2.39. The Balaban J connectivity index is 1.14. The summed E-state index contributed by atoms with van der Waals surface area (Å²) >= 11 is 13.7. The van der Waals surface area contributed by atoms with Crippen molar-refractivity contribution in [2.24, 2.45) is 5.92 Å². The molecule has 14 heteroatoms. The van der Waals surface area contributed by atoms with Crippen LogP contribution in [0.25, 0.3) is 11.1 Å². The molecule has 288 valence electrons. The fraction of sp³-hybridized carbons (Fsp3) is 0.341. The lowest BCUT2D eigenvalue weighted by molar-refractivity contribution is -0.138. The smallest absolute Gasteiger partial charge is 0.390 e. The number of ether oxygens (including phenoxy) is 3. The number of nitrogens with zero attached hydrogens (tertiary/aromatic N) is 4. The first kappa shape index (κ1) is 39.9. The van der Waals surface area contributed by atoms with Crippen molar-refractivity contribution < 1.29 is 27.4 Å². The number of alkyl halides is 3. The third-order valence-electron chi connectivity index (χ3n) is 9.50. The van der Waals surface area contributed by atoms with Crippen molar-refractivity contribution in [3.63, 3.8) is 0 Å². The average molecular weight is 794 g/mol. The number of likely N-dealkylation sites (tertiary alicyclic amines) is 1. The standard InChI is InChI=1S/C41H41Cl2F3N6O3/c1-27-32(6-2-7-34(27)35-8-3-9-37(40(35)43)53-24-28-5-4-11-52(23-28)12-10-41(44,45)46)26-55-39-15-38(54-25-30-13-29(16-47)17-48-18-30)33(14-36(39)42)22-49-19-31-20-50-51-21-31/h2-3,6-9,13-15,17-18,20-21,28,49H,4-5,10-12,19,22-26H2,1H3,(H,50,51). The fourth-order valence-electron chi connectivity index (χ4n) is 6.56. The highest BCUT2D eigenvalue weighted by atomic mass is 35.5. The molecule has 1 aliphatic heterocycles. The van der Waals surface area contributed by atoms with Crippen LogP contribution in [0.15, 0.2) is 79.4 Å². The molecule has 3 aromatic carbocycles. The number of benzene rings is 3. The van der Waals surface area contributed by atoms with Gasteiger partial charge in [0.1, 0.15) is 36.5 Å². The molecule has 1 aliphatic rings. The maximum Gasteiger partial charge on any atom is 0.390 e. The third-order valence-corrected chi connectivity index (χ3v) is 10.2. The number of piperidine rings is 1. The first-order chi connectivity index (χ1) is 26.6. The number of nitriles is 1. The van der Waals surface area contributed by atoms with E-state index in [0.717, 1.165) is 51.8 Å². The van der Waals surface area contributed by atoms with E-state index in [-0.39, 0.29) is 25.7 Å². The van der Waals surface area contributed by atoms with Crippen molar-refractivity contribution in [1.82, 2.24) is 25.4 Å². The van der Waals surface area contributed by atoms with Crippen LogP contribution < -0.4 is 19.5 Å². The molecule has 0 saturated carbocycles. The van der Waals surface area contributed by atoms with Crippen molar-refractivity contribution in [2.75, 3.05) is 26.2 Å². The Morgan fingerprint density at radius 1 is 0.927 bits per heavy atom. The van der Waals surface area contributed by atoms with Crippen LogP contribution in [0.2, 0.25) is 10.0 Å². The third kappa shape index (κ3) is 11.1. The summed E-state index contributed by atoms with van der Waals surface area (Å²) in [5.74, 6) is 1.65. The summed E-state index contributed by atoms with van der Waals surface area (Å²) in [5.41, 5.74) is 6.61. The highest BCUT2D eigenvalue weighted by molar-refractivity contribution is 6.35. The molecule has 1 unspecified atom stereocenters. The predicted molar refractivity (Wildman–Crippen MR) is 205 cm³/mol. The van der Waals surface area contributed by atoms with E-state index in [9.17, 15) is 18.4 Å². The second kappa shape index (κ2) is 18.7. The molecule has 5 aromatic rings. The Labute approximate surface area is 328 Å². The van der Waals surface area contributed by atoms with Gasteiger partial charge in [-0.2, -0.15) is 23.5 Å². The highest BCUT2D eigenvalue weighted by Gasteiger charge is 2.29. The van der Waals surface area contributed by atoms with Gasteiger partial charge in [-0.1, -0.05) is 53.5 Å². The van der Waals surface area contributed by atoms with Crippen LogP contribution in [-0.2, 0) is 26.3 Å². The van der Waals surface area contributed by atoms with Crippen molar-refractivity contribution >= 4 is 23.2 Å². The summed E-state index contributed by atoms with van der Waals surface area (Å²) in [5, 5.41) is 20.4. The molecular weight excluding hydrogens is 752 g/mol. The number of hydrogen-bond acceptors (Lipinski definition) is 8. The Morgan fingerprint density at radius 2 is 1.75 bits per heavy atom. The quantitative estimate of drug-likeness (QED) is 0.102. The summed E-state index contributed by atoms with van der Waals surface area (Å²) in [6.45, 7) is 5.05. The van der Waals surface area contributed by atoms with Crippen molar-refractivity contribution in [3.05, 3.63) is 123 Å². The summed E-state index contributed by atoms with van der Waals surface area (Å²) in [6, 6.07) is 19.0. The van der Waals surface area contributed by atoms with E-state index in [1.54, 1.807) is 24.5 Å². The first-order valence-corrected chi connectivity index (χ1v) is 18.7. The zero-order valence-corrected chi connectivity index (χ0v) is 31.8. The van der Waals surface area contributed by atoms with E-state index < -0.39 is 12.6 Å². The molecule has 0 bridgehead atoms. The predicted octanol–water partition coefficient (Wildman–Crippen LogP) is 9.45. The van der Waals surface area contributed by atoms with Gasteiger partial charge < -0.3 is 24.4 Å². The number of H-pyrrole nitrogens is 1. The molecule has 3 heterocycles. The molecule has 9 nitrogen and oxygen atoms in total. The summed E-state index contributed by atoms with van der Waals surface area (Å²) in [6.07, 6.45) is 3.47. The van der Waals surface area contributed by atoms with E-state index in [1.807, 2.05) is 60.5 Å². The van der Waals surface area contributed by atoms with Crippen LogP contribution in [0.3, 0.4) is 0 Å². The number of halogens is 5. The number of nitrogens with one attached hydrogen (secondary N) is 2. The van der Waals surface area contributed by atoms with Gasteiger partial charge in [-0.25, -0.2) is 0 Å². The molecule has 6 rings (SSSR count). The van der Waals surface area contributed by atoms with Crippen LogP contribution in [0.4, 0.5) is 13.2 Å². The largest absolute Gasteiger partial charge is 0.492 e. The minimum Gasteiger partial charge on any atom is -0.492 e. The zero-order chi connectivity index (χ0) is 38.8. The molecule has 1 saturated heterocycles. The monoisotopic (exact) mass is 792 g/mol. The van der Waals surface area contributed by atoms with Crippen molar-refractivity contribution in [3.8, 4) is 34.4 Å². The maximum absolute atomic E-state index is 12.8. The topological polar surface area (TPSA) is 108 Å². The minimum atomic E-state index is -4.16. The molecule has 0 amide bonds. The second-order valence-corrected chi connectivity index (χ2v) is 14.3. The van der Waals surface area contributed by atoms with Gasteiger partial charge in [0.05, 0.1) is 34.8 Å².